The van der Waals surface area contributed by atoms with Crippen LogP contribution in [0.25, 0.3) is 0 Å². The van der Waals surface area contributed by atoms with Gasteiger partial charge >= 0.3 is 0 Å². The standard InChI is InChI=1S/C9H19NS/c1-3-4-5-6-9-10-8(2)7-11-9/h8-10H,3-7H2,1-2H3. The summed E-state index contributed by atoms with van der Waals surface area (Å²) in [5.74, 6) is 1.30. The number of hydrogen-bond acceptors (Lipinski definition) is 2. The number of hydrogen-bond donors (Lipinski definition) is 1. The first kappa shape index (κ1) is 9.40. The van der Waals surface area contributed by atoms with E-state index in [2.05, 4.69) is 30.9 Å². The van der Waals surface area contributed by atoms with Crippen LogP contribution >= 0.6 is 11.8 Å². The maximum absolute atomic E-state index is 3.58. The molecule has 1 N–H and O–H groups in total. The molecule has 1 aliphatic rings. The summed E-state index contributed by atoms with van der Waals surface area (Å²) in [6.45, 7) is 4.53. The summed E-state index contributed by atoms with van der Waals surface area (Å²) in [6.07, 6.45) is 5.50. The molecule has 1 saturated heterocycles. The Balaban J connectivity index is 1.99. The molecule has 1 aliphatic heterocycles. The third-order valence-corrected chi connectivity index (χ3v) is 3.55. The normalized spacial score (nSPS) is 31.1. The highest BCUT2D eigenvalue weighted by Crippen LogP contribution is 2.22. The molecule has 2 heteroatoms. The van der Waals surface area contributed by atoms with Crippen molar-refractivity contribution in [1.82, 2.24) is 5.32 Å². The van der Waals surface area contributed by atoms with E-state index in [0.717, 1.165) is 11.4 Å². The lowest BCUT2D eigenvalue weighted by molar-refractivity contribution is 0.546. The molecular formula is C9H19NS. The van der Waals surface area contributed by atoms with Crippen LogP contribution < -0.4 is 5.32 Å². The lowest BCUT2D eigenvalue weighted by Crippen LogP contribution is -2.26. The SMILES string of the molecule is CCCCCC1NC(C)CS1. The first-order valence-corrected chi connectivity index (χ1v) is 5.75. The fourth-order valence-electron chi connectivity index (χ4n) is 1.42. The van der Waals surface area contributed by atoms with E-state index >= 15 is 0 Å². The van der Waals surface area contributed by atoms with Crippen molar-refractivity contribution >= 4 is 11.8 Å². The van der Waals surface area contributed by atoms with Gasteiger partial charge in [0, 0.05) is 11.8 Å². The molecule has 66 valence electrons. The fraction of sp³-hybridized carbons (Fsp3) is 1.00. The lowest BCUT2D eigenvalue weighted by atomic mass is 10.2. The molecule has 1 nitrogen and oxygen atoms in total. The van der Waals surface area contributed by atoms with Crippen LogP contribution in [-0.2, 0) is 0 Å². The fourth-order valence-corrected chi connectivity index (χ4v) is 2.70. The van der Waals surface area contributed by atoms with Gasteiger partial charge in [0.25, 0.3) is 0 Å². The predicted octanol–water partition coefficient (Wildman–Crippen LogP) is 2.62. The van der Waals surface area contributed by atoms with Gasteiger partial charge in [0.1, 0.15) is 0 Å². The molecule has 0 radical (unpaired) electrons. The molecule has 0 aromatic heterocycles. The van der Waals surface area contributed by atoms with Gasteiger partial charge in [0.15, 0.2) is 0 Å². The lowest BCUT2D eigenvalue weighted by Gasteiger charge is -2.09. The Kier molecular flexibility index (Phi) is 4.31. The number of nitrogens with one attached hydrogen (secondary N) is 1. The van der Waals surface area contributed by atoms with Crippen molar-refractivity contribution in [2.45, 2.75) is 50.9 Å². The summed E-state index contributed by atoms with van der Waals surface area (Å²) in [4.78, 5) is 0. The minimum absolute atomic E-state index is 0.742. The van der Waals surface area contributed by atoms with E-state index in [1.807, 2.05) is 0 Å². The zero-order chi connectivity index (χ0) is 8.10. The molecule has 0 saturated carbocycles. The van der Waals surface area contributed by atoms with Crippen LogP contribution in [0.5, 0.6) is 0 Å². The highest BCUT2D eigenvalue weighted by Gasteiger charge is 2.19. The Bertz CT molecular complexity index is 106. The van der Waals surface area contributed by atoms with Crippen molar-refractivity contribution in [2.75, 3.05) is 5.75 Å². The van der Waals surface area contributed by atoms with Gasteiger partial charge in [-0.15, -0.1) is 11.8 Å². The second-order valence-electron chi connectivity index (χ2n) is 3.39. The zero-order valence-corrected chi connectivity index (χ0v) is 8.41. The molecule has 0 aliphatic carbocycles. The van der Waals surface area contributed by atoms with Gasteiger partial charge in [-0.05, 0) is 13.3 Å². The number of unbranched alkanes of at least 4 members (excludes halogenated alkanes) is 2. The summed E-state index contributed by atoms with van der Waals surface area (Å²) in [6, 6.07) is 0.742. The Hall–Kier alpha value is 0.310. The van der Waals surface area contributed by atoms with Crippen LogP contribution in [0.3, 0.4) is 0 Å². The highest BCUT2D eigenvalue weighted by atomic mass is 32.2. The van der Waals surface area contributed by atoms with Crippen molar-refractivity contribution in [1.29, 1.82) is 0 Å². The number of thioether (sulfide) groups is 1. The molecular weight excluding hydrogens is 154 g/mol. The van der Waals surface area contributed by atoms with Crippen LogP contribution in [0.2, 0.25) is 0 Å². The van der Waals surface area contributed by atoms with Crippen molar-refractivity contribution in [3.05, 3.63) is 0 Å². The van der Waals surface area contributed by atoms with Gasteiger partial charge < -0.3 is 5.32 Å². The van der Waals surface area contributed by atoms with Crippen molar-refractivity contribution in [3.8, 4) is 0 Å². The average molecular weight is 173 g/mol. The molecule has 0 spiro atoms. The first-order valence-electron chi connectivity index (χ1n) is 4.70. The molecule has 1 heterocycles. The zero-order valence-electron chi connectivity index (χ0n) is 7.60. The molecule has 0 amide bonds. The van der Waals surface area contributed by atoms with E-state index in [-0.39, 0.29) is 0 Å². The van der Waals surface area contributed by atoms with Crippen LogP contribution in [0.15, 0.2) is 0 Å². The molecule has 0 bridgehead atoms. The summed E-state index contributed by atoms with van der Waals surface area (Å²) < 4.78 is 0. The molecule has 2 unspecified atom stereocenters. The Morgan fingerprint density at radius 3 is 2.82 bits per heavy atom. The minimum atomic E-state index is 0.742. The highest BCUT2D eigenvalue weighted by molar-refractivity contribution is 8.00. The maximum Gasteiger partial charge on any atom is 0.0535 e. The molecule has 11 heavy (non-hydrogen) atoms. The van der Waals surface area contributed by atoms with Gasteiger partial charge in [0.2, 0.25) is 0 Å². The van der Waals surface area contributed by atoms with Crippen LogP contribution in [0.1, 0.15) is 39.5 Å². The molecule has 2 atom stereocenters. The topological polar surface area (TPSA) is 12.0 Å². The van der Waals surface area contributed by atoms with E-state index in [0.29, 0.717) is 0 Å². The maximum atomic E-state index is 3.58. The smallest absolute Gasteiger partial charge is 0.0535 e. The quantitative estimate of drug-likeness (QED) is 0.656. The van der Waals surface area contributed by atoms with E-state index < -0.39 is 0 Å². The van der Waals surface area contributed by atoms with E-state index in [1.165, 1.54) is 31.4 Å². The molecule has 0 aromatic carbocycles. The van der Waals surface area contributed by atoms with Gasteiger partial charge in [-0.25, -0.2) is 0 Å². The molecule has 1 rings (SSSR count). The van der Waals surface area contributed by atoms with Crippen molar-refractivity contribution in [2.24, 2.45) is 0 Å². The predicted molar refractivity (Wildman–Crippen MR) is 53.0 cm³/mol. The monoisotopic (exact) mass is 173 g/mol. The van der Waals surface area contributed by atoms with E-state index in [4.69, 9.17) is 0 Å². The van der Waals surface area contributed by atoms with Crippen molar-refractivity contribution < 1.29 is 0 Å². The number of rotatable bonds is 4. The first-order chi connectivity index (χ1) is 5.33. The second-order valence-corrected chi connectivity index (χ2v) is 4.62. The molecule has 0 aromatic rings. The third-order valence-electron chi connectivity index (χ3n) is 2.09. The summed E-state index contributed by atoms with van der Waals surface area (Å²) in [7, 11) is 0. The van der Waals surface area contributed by atoms with E-state index in [1.54, 1.807) is 0 Å². The minimum Gasteiger partial charge on any atom is -0.302 e. The average Bonchev–Trinajstić information content (AvgIpc) is 2.37. The largest absolute Gasteiger partial charge is 0.302 e. The molecule has 1 fully saturated rings. The van der Waals surface area contributed by atoms with Crippen LogP contribution in [-0.4, -0.2) is 17.2 Å². The van der Waals surface area contributed by atoms with Crippen molar-refractivity contribution in [3.63, 3.8) is 0 Å². The summed E-state index contributed by atoms with van der Waals surface area (Å²) in [5.41, 5.74) is 0. The van der Waals surface area contributed by atoms with Gasteiger partial charge in [-0.1, -0.05) is 26.2 Å². The van der Waals surface area contributed by atoms with Gasteiger partial charge in [-0.2, -0.15) is 0 Å². The summed E-state index contributed by atoms with van der Waals surface area (Å²) in [5, 5.41) is 4.34. The Morgan fingerprint density at radius 2 is 2.27 bits per heavy atom. The van der Waals surface area contributed by atoms with Gasteiger partial charge in [-0.3, -0.25) is 0 Å². The van der Waals surface area contributed by atoms with Gasteiger partial charge in [0.05, 0.1) is 5.37 Å². The van der Waals surface area contributed by atoms with Crippen LogP contribution in [0.4, 0.5) is 0 Å². The Morgan fingerprint density at radius 1 is 1.45 bits per heavy atom. The second kappa shape index (κ2) is 5.04. The Labute approximate surface area is 74.3 Å². The third kappa shape index (κ3) is 3.48. The van der Waals surface area contributed by atoms with Crippen LogP contribution in [0, 0.1) is 0 Å². The summed E-state index contributed by atoms with van der Waals surface area (Å²) >= 11 is 2.09. The van der Waals surface area contributed by atoms with E-state index in [9.17, 15) is 0 Å².